The summed E-state index contributed by atoms with van der Waals surface area (Å²) in [6, 6.07) is 8.10. The van der Waals surface area contributed by atoms with Crippen molar-refractivity contribution in [1.29, 1.82) is 0 Å². The zero-order valence-electron chi connectivity index (χ0n) is 12.5. The molecule has 0 spiro atoms. The fourth-order valence-electron chi connectivity index (χ4n) is 2.55. The molecule has 1 atom stereocenters. The summed E-state index contributed by atoms with van der Waals surface area (Å²) in [6.45, 7) is 2.58. The maximum Gasteiger partial charge on any atom is 0.233 e. The van der Waals surface area contributed by atoms with Gasteiger partial charge in [-0.3, -0.25) is 4.79 Å². The molecular formula is C16H21N3O2S. The highest BCUT2D eigenvalue weighted by molar-refractivity contribution is 7.18. The summed E-state index contributed by atoms with van der Waals surface area (Å²) in [4.78, 5) is 16.3. The number of fused-ring (bicyclic) bond motifs is 1. The van der Waals surface area contributed by atoms with Gasteiger partial charge in [0, 0.05) is 26.1 Å². The number of para-hydroxylation sites is 1. The van der Waals surface area contributed by atoms with Gasteiger partial charge in [-0.2, -0.15) is 0 Å². The van der Waals surface area contributed by atoms with E-state index in [1.165, 1.54) is 4.70 Å². The first-order valence-electron chi connectivity index (χ1n) is 7.75. The van der Waals surface area contributed by atoms with Gasteiger partial charge in [0.2, 0.25) is 5.91 Å². The van der Waals surface area contributed by atoms with E-state index in [9.17, 15) is 4.79 Å². The van der Waals surface area contributed by atoms with Crippen LogP contribution in [0.25, 0.3) is 10.2 Å². The Balaban J connectivity index is 1.34. The molecule has 0 bridgehead atoms. The number of hydrogen-bond acceptors (Lipinski definition) is 5. The minimum atomic E-state index is 0.0270. The van der Waals surface area contributed by atoms with E-state index < -0.39 is 0 Å². The third kappa shape index (κ3) is 4.25. The summed E-state index contributed by atoms with van der Waals surface area (Å²) in [5, 5.41) is 7.14. The summed E-state index contributed by atoms with van der Waals surface area (Å²) >= 11 is 1.69. The average molecular weight is 319 g/mol. The van der Waals surface area contributed by atoms with E-state index in [0.29, 0.717) is 13.1 Å². The fourth-order valence-corrected chi connectivity index (χ4v) is 3.52. The standard InChI is InChI=1S/C16H21N3O2S/c20-15(11-17-10-12-4-3-9-21-12)18-8-7-16-19-13-5-1-2-6-14(13)22-16/h1-2,5-6,12,17H,3-4,7-11H2,(H,18,20). The molecule has 22 heavy (non-hydrogen) atoms. The molecule has 118 valence electrons. The van der Waals surface area contributed by atoms with Gasteiger partial charge in [0.25, 0.3) is 0 Å². The van der Waals surface area contributed by atoms with Crippen molar-refractivity contribution >= 4 is 27.5 Å². The molecule has 3 rings (SSSR count). The molecule has 0 radical (unpaired) electrons. The lowest BCUT2D eigenvalue weighted by atomic mass is 10.2. The molecule has 1 aliphatic rings. The SMILES string of the molecule is O=C(CNCC1CCCO1)NCCc1nc2ccccc2s1. The number of aromatic nitrogens is 1. The number of carbonyl (C=O) groups is 1. The molecule has 2 heterocycles. The molecule has 2 N–H and O–H groups in total. The topological polar surface area (TPSA) is 63.2 Å². The second-order valence-electron chi connectivity index (χ2n) is 5.44. The smallest absolute Gasteiger partial charge is 0.233 e. The van der Waals surface area contributed by atoms with E-state index >= 15 is 0 Å². The van der Waals surface area contributed by atoms with E-state index in [-0.39, 0.29) is 12.0 Å². The molecule has 1 aromatic carbocycles. The highest BCUT2D eigenvalue weighted by atomic mass is 32.1. The van der Waals surface area contributed by atoms with E-state index in [0.717, 1.165) is 42.9 Å². The van der Waals surface area contributed by atoms with Crippen molar-refractivity contribution < 1.29 is 9.53 Å². The van der Waals surface area contributed by atoms with Crippen molar-refractivity contribution in [3.05, 3.63) is 29.3 Å². The summed E-state index contributed by atoms with van der Waals surface area (Å²) in [7, 11) is 0. The lowest BCUT2D eigenvalue weighted by Gasteiger charge is -2.10. The normalized spacial score (nSPS) is 17.9. The quantitative estimate of drug-likeness (QED) is 0.816. The first-order chi connectivity index (χ1) is 10.8. The summed E-state index contributed by atoms with van der Waals surface area (Å²) in [5.41, 5.74) is 1.03. The van der Waals surface area contributed by atoms with Crippen LogP contribution in [-0.2, 0) is 16.0 Å². The van der Waals surface area contributed by atoms with Crippen LogP contribution < -0.4 is 10.6 Å². The molecule has 1 unspecified atom stereocenters. The minimum absolute atomic E-state index is 0.0270. The molecule has 6 heteroatoms. The molecule has 0 saturated carbocycles. The summed E-state index contributed by atoms with van der Waals surface area (Å²) in [6.07, 6.45) is 3.26. The zero-order chi connectivity index (χ0) is 15.2. The molecule has 1 aliphatic heterocycles. The Kier molecular flexibility index (Phi) is 5.37. The number of carbonyl (C=O) groups excluding carboxylic acids is 1. The Morgan fingerprint density at radius 3 is 3.14 bits per heavy atom. The highest BCUT2D eigenvalue weighted by Gasteiger charge is 2.15. The first kappa shape index (κ1) is 15.4. The fraction of sp³-hybridized carbons (Fsp3) is 0.500. The van der Waals surface area contributed by atoms with Crippen LogP contribution in [0.5, 0.6) is 0 Å². The maximum absolute atomic E-state index is 11.7. The van der Waals surface area contributed by atoms with Gasteiger partial charge < -0.3 is 15.4 Å². The van der Waals surface area contributed by atoms with Crippen molar-refractivity contribution in [3.63, 3.8) is 0 Å². The number of hydrogen-bond donors (Lipinski definition) is 2. The molecule has 2 aromatic rings. The molecular weight excluding hydrogens is 298 g/mol. The molecule has 0 aliphatic carbocycles. The highest BCUT2D eigenvalue weighted by Crippen LogP contribution is 2.21. The number of nitrogens with zero attached hydrogens (tertiary/aromatic N) is 1. The number of thiazole rings is 1. The van der Waals surface area contributed by atoms with Gasteiger partial charge in [-0.25, -0.2) is 4.98 Å². The molecule has 1 aromatic heterocycles. The summed E-state index contributed by atoms with van der Waals surface area (Å²) in [5.74, 6) is 0.0270. The second kappa shape index (κ2) is 7.67. The van der Waals surface area contributed by atoms with Gasteiger partial charge in [-0.05, 0) is 25.0 Å². The summed E-state index contributed by atoms with van der Waals surface area (Å²) < 4.78 is 6.70. The van der Waals surface area contributed by atoms with Crippen molar-refractivity contribution in [2.75, 3.05) is 26.2 Å². The van der Waals surface area contributed by atoms with Crippen molar-refractivity contribution in [2.24, 2.45) is 0 Å². The first-order valence-corrected chi connectivity index (χ1v) is 8.56. The second-order valence-corrected chi connectivity index (χ2v) is 6.56. The van der Waals surface area contributed by atoms with Crippen LogP contribution in [0.4, 0.5) is 0 Å². The molecule has 1 saturated heterocycles. The monoisotopic (exact) mass is 319 g/mol. The van der Waals surface area contributed by atoms with Gasteiger partial charge in [-0.15, -0.1) is 11.3 Å². The van der Waals surface area contributed by atoms with Crippen LogP contribution in [0.15, 0.2) is 24.3 Å². The Hall–Kier alpha value is -1.50. The van der Waals surface area contributed by atoms with E-state index in [2.05, 4.69) is 21.7 Å². The van der Waals surface area contributed by atoms with Crippen LogP contribution in [0.1, 0.15) is 17.8 Å². The predicted molar refractivity (Wildman–Crippen MR) is 88.2 cm³/mol. The average Bonchev–Trinajstić information content (AvgIpc) is 3.15. The van der Waals surface area contributed by atoms with E-state index in [1.54, 1.807) is 11.3 Å². The van der Waals surface area contributed by atoms with Crippen LogP contribution in [-0.4, -0.2) is 43.2 Å². The molecule has 1 amide bonds. The van der Waals surface area contributed by atoms with Gasteiger partial charge >= 0.3 is 0 Å². The lowest BCUT2D eigenvalue weighted by molar-refractivity contribution is -0.120. The number of rotatable bonds is 7. The van der Waals surface area contributed by atoms with Gasteiger partial charge in [0.15, 0.2) is 0 Å². The van der Waals surface area contributed by atoms with Crippen LogP contribution >= 0.6 is 11.3 Å². The minimum Gasteiger partial charge on any atom is -0.377 e. The van der Waals surface area contributed by atoms with Gasteiger partial charge in [-0.1, -0.05) is 12.1 Å². The number of nitrogens with one attached hydrogen (secondary N) is 2. The van der Waals surface area contributed by atoms with Crippen LogP contribution in [0, 0.1) is 0 Å². The number of amides is 1. The van der Waals surface area contributed by atoms with Crippen molar-refractivity contribution in [2.45, 2.75) is 25.4 Å². The van der Waals surface area contributed by atoms with Crippen molar-refractivity contribution in [3.8, 4) is 0 Å². The van der Waals surface area contributed by atoms with Gasteiger partial charge in [0.1, 0.15) is 0 Å². The van der Waals surface area contributed by atoms with Crippen LogP contribution in [0.3, 0.4) is 0 Å². The number of ether oxygens (including phenoxy) is 1. The zero-order valence-corrected chi connectivity index (χ0v) is 13.3. The lowest BCUT2D eigenvalue weighted by Crippen LogP contribution is -2.37. The van der Waals surface area contributed by atoms with Gasteiger partial charge in [0.05, 0.1) is 27.9 Å². The Labute approximate surface area is 134 Å². The molecule has 1 fully saturated rings. The van der Waals surface area contributed by atoms with Crippen LogP contribution in [0.2, 0.25) is 0 Å². The largest absolute Gasteiger partial charge is 0.377 e. The Morgan fingerprint density at radius 1 is 1.41 bits per heavy atom. The van der Waals surface area contributed by atoms with E-state index in [1.807, 2.05) is 18.2 Å². The Bertz CT molecular complexity index is 590. The third-order valence-corrected chi connectivity index (χ3v) is 4.78. The van der Waals surface area contributed by atoms with Crippen molar-refractivity contribution in [1.82, 2.24) is 15.6 Å². The Morgan fingerprint density at radius 2 is 2.32 bits per heavy atom. The third-order valence-electron chi connectivity index (χ3n) is 3.68. The molecule has 5 nitrogen and oxygen atoms in total. The van der Waals surface area contributed by atoms with E-state index in [4.69, 9.17) is 4.74 Å². The maximum atomic E-state index is 11.7. The predicted octanol–water partition coefficient (Wildman–Crippen LogP) is 1.72. The number of benzene rings is 1.